The van der Waals surface area contributed by atoms with E-state index in [0.717, 1.165) is 34.1 Å². The van der Waals surface area contributed by atoms with E-state index in [4.69, 9.17) is 0 Å². The van der Waals surface area contributed by atoms with Gasteiger partial charge in [0.25, 0.3) is 5.91 Å². The Labute approximate surface area is 174 Å². The summed E-state index contributed by atoms with van der Waals surface area (Å²) in [6.45, 7) is -0.303. The van der Waals surface area contributed by atoms with E-state index in [2.05, 4.69) is 14.9 Å². The van der Waals surface area contributed by atoms with Crippen LogP contribution in [-0.4, -0.2) is 34.5 Å². The van der Waals surface area contributed by atoms with Crippen molar-refractivity contribution in [3.8, 4) is 0 Å². The van der Waals surface area contributed by atoms with Gasteiger partial charge >= 0.3 is 6.18 Å². The third-order valence-electron chi connectivity index (χ3n) is 4.20. The SMILES string of the molecule is O=C(CN(C(=O)c1csnn1)c1ccccc1C(F)(F)F)NCCc1ccccc1. The Balaban J connectivity index is 1.79. The monoisotopic (exact) mass is 434 g/mol. The molecular weight excluding hydrogens is 417 g/mol. The molecule has 0 saturated carbocycles. The first-order valence-electron chi connectivity index (χ1n) is 8.92. The molecule has 0 atom stereocenters. The van der Waals surface area contributed by atoms with Gasteiger partial charge in [-0.15, -0.1) is 5.10 Å². The molecule has 0 radical (unpaired) electrons. The lowest BCUT2D eigenvalue weighted by molar-refractivity contribution is -0.137. The van der Waals surface area contributed by atoms with E-state index in [0.29, 0.717) is 6.42 Å². The average molecular weight is 434 g/mol. The highest BCUT2D eigenvalue weighted by molar-refractivity contribution is 7.03. The third kappa shape index (κ3) is 5.41. The molecule has 0 unspecified atom stereocenters. The second kappa shape index (κ2) is 9.49. The van der Waals surface area contributed by atoms with Gasteiger partial charge in [0.2, 0.25) is 5.91 Å². The Kier molecular flexibility index (Phi) is 6.78. The molecule has 156 valence electrons. The van der Waals surface area contributed by atoms with Gasteiger partial charge in [-0.25, -0.2) is 0 Å². The number of rotatable bonds is 7. The first-order valence-corrected chi connectivity index (χ1v) is 9.75. The Morgan fingerprint density at radius 1 is 1.03 bits per heavy atom. The number of hydrogen-bond acceptors (Lipinski definition) is 5. The number of hydrogen-bond donors (Lipinski definition) is 1. The number of nitrogens with zero attached hydrogens (tertiary/aromatic N) is 3. The summed E-state index contributed by atoms with van der Waals surface area (Å²) >= 11 is 0.889. The molecule has 2 amide bonds. The number of nitrogens with one attached hydrogen (secondary N) is 1. The lowest BCUT2D eigenvalue weighted by atomic mass is 10.1. The Hall–Kier alpha value is -3.27. The zero-order chi connectivity index (χ0) is 21.6. The van der Waals surface area contributed by atoms with Crippen molar-refractivity contribution >= 4 is 29.0 Å². The van der Waals surface area contributed by atoms with Crippen LogP contribution in [0.1, 0.15) is 21.6 Å². The van der Waals surface area contributed by atoms with Crippen molar-refractivity contribution in [1.82, 2.24) is 14.9 Å². The number of anilines is 1. The Bertz CT molecular complexity index is 995. The molecule has 1 N–H and O–H groups in total. The predicted molar refractivity (Wildman–Crippen MR) is 106 cm³/mol. The summed E-state index contributed by atoms with van der Waals surface area (Å²) in [5.74, 6) is -1.42. The molecule has 10 heteroatoms. The molecule has 0 spiro atoms. The normalized spacial score (nSPS) is 11.2. The summed E-state index contributed by atoms with van der Waals surface area (Å²) in [6, 6.07) is 14.0. The van der Waals surface area contributed by atoms with E-state index in [1.54, 1.807) is 0 Å². The number of aromatic nitrogens is 2. The molecule has 1 heterocycles. The van der Waals surface area contributed by atoms with Crippen LogP contribution in [0.15, 0.2) is 60.0 Å². The standard InChI is InChI=1S/C20H17F3N4O2S/c21-20(22,23)15-8-4-5-9-17(15)27(19(29)16-13-30-26-25-16)12-18(28)24-11-10-14-6-2-1-3-7-14/h1-9,13H,10-12H2,(H,24,28). The highest BCUT2D eigenvalue weighted by atomic mass is 32.1. The Morgan fingerprint density at radius 3 is 2.40 bits per heavy atom. The largest absolute Gasteiger partial charge is 0.418 e. The van der Waals surface area contributed by atoms with Crippen LogP contribution in [0, 0.1) is 0 Å². The molecule has 0 bridgehead atoms. The van der Waals surface area contributed by atoms with Crippen molar-refractivity contribution in [3.05, 3.63) is 76.8 Å². The minimum absolute atomic E-state index is 0.130. The first-order chi connectivity index (χ1) is 14.4. The predicted octanol–water partition coefficient (Wildman–Crippen LogP) is 3.56. The van der Waals surface area contributed by atoms with Gasteiger partial charge in [0.15, 0.2) is 5.69 Å². The summed E-state index contributed by atoms with van der Waals surface area (Å²) in [6.07, 6.45) is -4.14. The molecule has 0 aliphatic heterocycles. The highest BCUT2D eigenvalue weighted by Crippen LogP contribution is 2.36. The maximum Gasteiger partial charge on any atom is 0.418 e. The number of carbonyl (C=O) groups is 2. The van der Waals surface area contributed by atoms with Crippen molar-refractivity contribution in [2.75, 3.05) is 18.0 Å². The van der Waals surface area contributed by atoms with Gasteiger partial charge in [-0.1, -0.05) is 47.0 Å². The van der Waals surface area contributed by atoms with E-state index in [9.17, 15) is 22.8 Å². The lowest BCUT2D eigenvalue weighted by Gasteiger charge is -2.24. The van der Waals surface area contributed by atoms with Crippen LogP contribution in [0.25, 0.3) is 0 Å². The minimum atomic E-state index is -4.70. The van der Waals surface area contributed by atoms with E-state index >= 15 is 0 Å². The zero-order valence-corrected chi connectivity index (χ0v) is 16.4. The molecule has 3 rings (SSSR count). The van der Waals surface area contributed by atoms with Gasteiger partial charge in [-0.3, -0.25) is 14.5 Å². The summed E-state index contributed by atoms with van der Waals surface area (Å²) < 4.78 is 44.0. The number of para-hydroxylation sites is 1. The molecular formula is C20H17F3N4O2S. The van der Waals surface area contributed by atoms with Crippen molar-refractivity contribution in [2.45, 2.75) is 12.6 Å². The molecule has 1 aromatic heterocycles. The number of halogens is 3. The second-order valence-electron chi connectivity index (χ2n) is 6.28. The van der Waals surface area contributed by atoms with E-state index in [1.807, 2.05) is 30.3 Å². The van der Waals surface area contributed by atoms with Crippen LogP contribution < -0.4 is 10.2 Å². The molecule has 3 aromatic rings. The average Bonchev–Trinajstić information content (AvgIpc) is 3.27. The zero-order valence-electron chi connectivity index (χ0n) is 15.6. The fourth-order valence-corrected chi connectivity index (χ4v) is 3.23. The van der Waals surface area contributed by atoms with Crippen molar-refractivity contribution < 1.29 is 22.8 Å². The summed E-state index contributed by atoms with van der Waals surface area (Å²) in [7, 11) is 0. The van der Waals surface area contributed by atoms with Crippen LogP contribution in [0.3, 0.4) is 0 Å². The number of amides is 2. The van der Waals surface area contributed by atoms with E-state index in [1.165, 1.54) is 17.5 Å². The third-order valence-corrected chi connectivity index (χ3v) is 4.71. The van der Waals surface area contributed by atoms with E-state index < -0.39 is 35.8 Å². The van der Waals surface area contributed by atoms with Gasteiger partial charge in [0.05, 0.1) is 11.3 Å². The smallest absolute Gasteiger partial charge is 0.354 e. The number of benzene rings is 2. The quantitative estimate of drug-likeness (QED) is 0.617. The van der Waals surface area contributed by atoms with Gasteiger partial charge < -0.3 is 5.32 Å². The molecule has 30 heavy (non-hydrogen) atoms. The minimum Gasteiger partial charge on any atom is -0.354 e. The van der Waals surface area contributed by atoms with Crippen LogP contribution in [0.5, 0.6) is 0 Å². The van der Waals surface area contributed by atoms with Crippen molar-refractivity contribution in [2.24, 2.45) is 0 Å². The summed E-state index contributed by atoms with van der Waals surface area (Å²) in [4.78, 5) is 26.0. The number of alkyl halides is 3. The Morgan fingerprint density at radius 2 is 1.73 bits per heavy atom. The summed E-state index contributed by atoms with van der Waals surface area (Å²) in [5.41, 5.74) is -0.560. The van der Waals surface area contributed by atoms with Crippen LogP contribution >= 0.6 is 11.5 Å². The number of carbonyl (C=O) groups excluding carboxylic acids is 2. The van der Waals surface area contributed by atoms with Crippen LogP contribution in [0.4, 0.5) is 18.9 Å². The molecule has 0 fully saturated rings. The van der Waals surface area contributed by atoms with Gasteiger partial charge in [-0.05, 0) is 35.6 Å². The molecule has 2 aromatic carbocycles. The maximum absolute atomic E-state index is 13.5. The first kappa shape index (κ1) is 21.4. The second-order valence-corrected chi connectivity index (χ2v) is 6.89. The van der Waals surface area contributed by atoms with Gasteiger partial charge in [0.1, 0.15) is 6.54 Å². The lowest BCUT2D eigenvalue weighted by Crippen LogP contribution is -2.42. The maximum atomic E-state index is 13.5. The van der Waals surface area contributed by atoms with Crippen molar-refractivity contribution in [1.29, 1.82) is 0 Å². The fraction of sp³-hybridized carbons (Fsp3) is 0.200. The molecule has 0 saturated heterocycles. The fourth-order valence-electron chi connectivity index (χ4n) is 2.80. The summed E-state index contributed by atoms with van der Waals surface area (Å²) in [5, 5.41) is 7.59. The van der Waals surface area contributed by atoms with Crippen molar-refractivity contribution in [3.63, 3.8) is 0 Å². The van der Waals surface area contributed by atoms with Crippen LogP contribution in [-0.2, 0) is 17.4 Å². The highest BCUT2D eigenvalue weighted by Gasteiger charge is 2.36. The molecule has 6 nitrogen and oxygen atoms in total. The van der Waals surface area contributed by atoms with E-state index in [-0.39, 0.29) is 12.2 Å². The molecule has 0 aliphatic carbocycles. The van der Waals surface area contributed by atoms with Gasteiger partial charge in [-0.2, -0.15) is 13.2 Å². The van der Waals surface area contributed by atoms with Crippen LogP contribution in [0.2, 0.25) is 0 Å². The molecule has 0 aliphatic rings. The topological polar surface area (TPSA) is 75.2 Å². The van der Waals surface area contributed by atoms with Gasteiger partial charge in [0, 0.05) is 11.9 Å².